The third-order valence-electron chi connectivity index (χ3n) is 2.70. The van der Waals surface area contributed by atoms with E-state index in [1.165, 1.54) is 10.9 Å². The molecule has 1 N–H and O–H groups in total. The molecule has 0 aliphatic heterocycles. The summed E-state index contributed by atoms with van der Waals surface area (Å²) in [7, 11) is 1.96. The van der Waals surface area contributed by atoms with Crippen LogP contribution in [0.25, 0.3) is 0 Å². The number of thiazole rings is 1. The number of nitrogens with zero attached hydrogens (tertiary/aromatic N) is 1. The monoisotopic (exact) mass is 264 g/mol. The van der Waals surface area contributed by atoms with Crippen LogP contribution in [0.1, 0.15) is 21.9 Å². The topological polar surface area (TPSA) is 24.9 Å². The van der Waals surface area contributed by atoms with Crippen LogP contribution in [0.4, 0.5) is 4.39 Å². The molecule has 0 saturated heterocycles. The Kier molecular flexibility index (Phi) is 4.84. The van der Waals surface area contributed by atoms with E-state index in [2.05, 4.69) is 10.3 Å². The number of benzene rings is 1. The highest BCUT2D eigenvalue weighted by atomic mass is 32.1. The van der Waals surface area contributed by atoms with E-state index in [-0.39, 0.29) is 5.82 Å². The molecule has 1 aromatic heterocycles. The minimum absolute atomic E-state index is 0.182. The molecule has 0 radical (unpaired) electrons. The van der Waals surface area contributed by atoms with E-state index in [1.54, 1.807) is 23.5 Å². The van der Waals surface area contributed by atoms with Crippen molar-refractivity contribution >= 4 is 11.3 Å². The maximum atomic E-state index is 13.1. The van der Waals surface area contributed by atoms with Gasteiger partial charge < -0.3 is 5.32 Å². The Labute approximate surface area is 111 Å². The first-order chi connectivity index (χ1) is 8.78. The van der Waals surface area contributed by atoms with Gasteiger partial charge in [0.05, 0.1) is 5.01 Å². The van der Waals surface area contributed by atoms with Gasteiger partial charge in [-0.2, -0.15) is 0 Å². The fourth-order valence-electron chi connectivity index (χ4n) is 1.81. The standard InChI is InChI=1S/C14H17FN2S/c1-16-7-3-6-13-10-17-14(18-13)9-11-4-2-5-12(15)8-11/h2,4-5,8,10,16H,3,6-7,9H2,1H3. The molecule has 2 rings (SSSR count). The van der Waals surface area contributed by atoms with Crippen LogP contribution in [0.5, 0.6) is 0 Å². The number of rotatable bonds is 6. The minimum Gasteiger partial charge on any atom is -0.320 e. The quantitative estimate of drug-likeness (QED) is 0.811. The molecule has 0 fully saturated rings. The summed E-state index contributed by atoms with van der Waals surface area (Å²) in [6, 6.07) is 6.72. The minimum atomic E-state index is -0.182. The van der Waals surface area contributed by atoms with Crippen molar-refractivity contribution in [2.45, 2.75) is 19.3 Å². The van der Waals surface area contributed by atoms with Gasteiger partial charge in [0, 0.05) is 17.5 Å². The van der Waals surface area contributed by atoms with Crippen LogP contribution in [0.2, 0.25) is 0 Å². The molecule has 0 atom stereocenters. The first-order valence-corrected chi connectivity index (χ1v) is 6.92. The molecule has 18 heavy (non-hydrogen) atoms. The van der Waals surface area contributed by atoms with Crippen molar-refractivity contribution < 1.29 is 4.39 Å². The lowest BCUT2D eigenvalue weighted by Crippen LogP contribution is -2.07. The Balaban J connectivity index is 1.94. The lowest BCUT2D eigenvalue weighted by Gasteiger charge is -1.98. The summed E-state index contributed by atoms with van der Waals surface area (Å²) >= 11 is 1.72. The smallest absolute Gasteiger partial charge is 0.123 e. The zero-order chi connectivity index (χ0) is 12.8. The molecule has 4 heteroatoms. The third-order valence-corrected chi connectivity index (χ3v) is 3.75. The predicted octanol–water partition coefficient (Wildman–Crippen LogP) is 3.03. The molecular weight excluding hydrogens is 247 g/mol. The Morgan fingerprint density at radius 3 is 3.06 bits per heavy atom. The van der Waals surface area contributed by atoms with Crippen LogP contribution in [0, 0.1) is 5.82 Å². The van der Waals surface area contributed by atoms with E-state index >= 15 is 0 Å². The average molecular weight is 264 g/mol. The van der Waals surface area contributed by atoms with Crippen molar-refractivity contribution in [3.05, 3.63) is 51.7 Å². The molecule has 0 aliphatic carbocycles. The average Bonchev–Trinajstić information content (AvgIpc) is 2.77. The van der Waals surface area contributed by atoms with E-state index in [0.717, 1.165) is 30.0 Å². The van der Waals surface area contributed by atoms with Gasteiger partial charge in [-0.05, 0) is 44.1 Å². The number of nitrogens with one attached hydrogen (secondary N) is 1. The number of hydrogen-bond donors (Lipinski definition) is 1. The Hall–Kier alpha value is -1.26. The predicted molar refractivity (Wildman–Crippen MR) is 73.6 cm³/mol. The van der Waals surface area contributed by atoms with Crippen LogP contribution in [-0.4, -0.2) is 18.6 Å². The lowest BCUT2D eigenvalue weighted by molar-refractivity contribution is 0.626. The van der Waals surface area contributed by atoms with Crippen LogP contribution in [0.3, 0.4) is 0 Å². The number of aryl methyl sites for hydroxylation is 1. The molecule has 0 spiro atoms. The van der Waals surface area contributed by atoms with Crippen molar-refractivity contribution in [1.29, 1.82) is 0 Å². The van der Waals surface area contributed by atoms with E-state index in [0.29, 0.717) is 6.42 Å². The fourth-order valence-corrected chi connectivity index (χ4v) is 2.80. The first kappa shape index (κ1) is 13.2. The SMILES string of the molecule is CNCCCc1cnc(Cc2cccc(F)c2)s1. The zero-order valence-electron chi connectivity index (χ0n) is 10.4. The van der Waals surface area contributed by atoms with Gasteiger partial charge in [0.1, 0.15) is 5.82 Å². The summed E-state index contributed by atoms with van der Waals surface area (Å²) in [5, 5.41) is 4.19. The summed E-state index contributed by atoms with van der Waals surface area (Å²) in [6.45, 7) is 1.02. The second-order valence-corrected chi connectivity index (χ2v) is 5.43. The summed E-state index contributed by atoms with van der Waals surface area (Å²) in [4.78, 5) is 5.70. The highest BCUT2D eigenvalue weighted by Gasteiger charge is 2.04. The molecule has 96 valence electrons. The van der Waals surface area contributed by atoms with Gasteiger partial charge in [-0.3, -0.25) is 0 Å². The highest BCUT2D eigenvalue weighted by molar-refractivity contribution is 7.11. The van der Waals surface area contributed by atoms with Gasteiger partial charge >= 0.3 is 0 Å². The lowest BCUT2D eigenvalue weighted by atomic mass is 10.1. The summed E-state index contributed by atoms with van der Waals surface area (Å²) < 4.78 is 13.1. The van der Waals surface area contributed by atoms with Crippen LogP contribution >= 0.6 is 11.3 Å². The fraction of sp³-hybridized carbons (Fsp3) is 0.357. The maximum Gasteiger partial charge on any atom is 0.123 e. The van der Waals surface area contributed by atoms with Crippen molar-refractivity contribution in [2.75, 3.05) is 13.6 Å². The van der Waals surface area contributed by atoms with Gasteiger partial charge in [-0.1, -0.05) is 12.1 Å². The summed E-state index contributed by atoms with van der Waals surface area (Å²) in [5.74, 6) is -0.182. The summed E-state index contributed by atoms with van der Waals surface area (Å²) in [5.41, 5.74) is 0.978. The molecule has 0 bridgehead atoms. The van der Waals surface area contributed by atoms with Crippen molar-refractivity contribution in [2.24, 2.45) is 0 Å². The van der Waals surface area contributed by atoms with E-state index in [4.69, 9.17) is 0 Å². The summed E-state index contributed by atoms with van der Waals surface area (Å²) in [6.07, 6.45) is 4.84. The van der Waals surface area contributed by atoms with Gasteiger partial charge in [0.2, 0.25) is 0 Å². The van der Waals surface area contributed by atoms with E-state index < -0.39 is 0 Å². The second kappa shape index (κ2) is 6.61. The number of aromatic nitrogens is 1. The molecule has 0 aliphatic rings. The van der Waals surface area contributed by atoms with Crippen molar-refractivity contribution in [3.8, 4) is 0 Å². The Bertz CT molecular complexity index is 496. The molecule has 1 heterocycles. The third kappa shape index (κ3) is 3.89. The molecule has 1 aromatic carbocycles. The molecule has 2 nitrogen and oxygen atoms in total. The maximum absolute atomic E-state index is 13.1. The highest BCUT2D eigenvalue weighted by Crippen LogP contribution is 2.18. The molecule has 2 aromatic rings. The number of halogens is 1. The molecule has 0 saturated carbocycles. The Morgan fingerprint density at radius 1 is 1.39 bits per heavy atom. The molecule has 0 amide bonds. The normalized spacial score (nSPS) is 10.8. The first-order valence-electron chi connectivity index (χ1n) is 6.10. The molecular formula is C14H17FN2S. The van der Waals surface area contributed by atoms with Gasteiger partial charge in [0.25, 0.3) is 0 Å². The zero-order valence-corrected chi connectivity index (χ0v) is 11.3. The van der Waals surface area contributed by atoms with Crippen LogP contribution in [-0.2, 0) is 12.8 Å². The van der Waals surface area contributed by atoms with Crippen LogP contribution in [0.15, 0.2) is 30.5 Å². The van der Waals surface area contributed by atoms with Crippen molar-refractivity contribution in [1.82, 2.24) is 10.3 Å². The van der Waals surface area contributed by atoms with Gasteiger partial charge in [-0.15, -0.1) is 11.3 Å². The van der Waals surface area contributed by atoms with Crippen LogP contribution < -0.4 is 5.32 Å². The number of hydrogen-bond acceptors (Lipinski definition) is 3. The second-order valence-electron chi connectivity index (χ2n) is 4.23. The van der Waals surface area contributed by atoms with E-state index in [1.807, 2.05) is 19.3 Å². The van der Waals surface area contributed by atoms with Gasteiger partial charge in [0.15, 0.2) is 0 Å². The van der Waals surface area contributed by atoms with Crippen molar-refractivity contribution in [3.63, 3.8) is 0 Å². The Morgan fingerprint density at radius 2 is 2.28 bits per heavy atom. The van der Waals surface area contributed by atoms with E-state index in [9.17, 15) is 4.39 Å². The largest absolute Gasteiger partial charge is 0.320 e. The molecule has 0 unspecified atom stereocenters. The van der Waals surface area contributed by atoms with Gasteiger partial charge in [-0.25, -0.2) is 9.37 Å².